The summed E-state index contributed by atoms with van der Waals surface area (Å²) in [6, 6.07) is 4.64. The number of thiophene rings is 1. The van der Waals surface area contributed by atoms with Gasteiger partial charge < -0.3 is 15.1 Å². The Balaban J connectivity index is 1.87. The lowest BCUT2D eigenvalue weighted by molar-refractivity contribution is 0.107. The molecular formula is C19H34N4OS. The average molecular weight is 367 g/mol. The van der Waals surface area contributed by atoms with Gasteiger partial charge in [-0.3, -0.25) is 4.90 Å². The normalized spacial score (nSPS) is 17.6. The van der Waals surface area contributed by atoms with Gasteiger partial charge in [-0.25, -0.2) is 4.79 Å². The highest BCUT2D eigenvalue weighted by molar-refractivity contribution is 7.09. The first-order valence-electron chi connectivity index (χ1n) is 9.47. The molecular weight excluding hydrogens is 332 g/mol. The van der Waals surface area contributed by atoms with Gasteiger partial charge >= 0.3 is 6.03 Å². The van der Waals surface area contributed by atoms with Crippen molar-refractivity contribution in [3.05, 3.63) is 22.4 Å². The smallest absolute Gasteiger partial charge is 0.317 e. The number of rotatable bonds is 8. The van der Waals surface area contributed by atoms with E-state index in [1.807, 2.05) is 11.0 Å². The largest absolute Gasteiger partial charge is 0.336 e. The van der Waals surface area contributed by atoms with Crippen LogP contribution in [0.2, 0.25) is 0 Å². The molecule has 1 aromatic rings. The second-order valence-corrected chi connectivity index (χ2v) is 8.47. The zero-order valence-corrected chi connectivity index (χ0v) is 17.0. The number of hydrogen-bond donors (Lipinski definition) is 1. The van der Waals surface area contributed by atoms with Crippen molar-refractivity contribution < 1.29 is 4.79 Å². The number of urea groups is 1. The summed E-state index contributed by atoms with van der Waals surface area (Å²) in [6.07, 6.45) is 1.07. The Morgan fingerprint density at radius 2 is 2.04 bits per heavy atom. The van der Waals surface area contributed by atoms with Gasteiger partial charge in [-0.2, -0.15) is 0 Å². The summed E-state index contributed by atoms with van der Waals surface area (Å²) in [4.78, 5) is 20.8. The standard InChI is InChI=1S/C19H34N4OS/c1-5-17(22-10-8-21(4)9-11-22)13-20-19(24)23(14-16(2)3)15-18-7-6-12-25-18/h6-7,12,16-17H,5,8-11,13-15H2,1-4H3,(H,20,24). The van der Waals surface area contributed by atoms with E-state index in [2.05, 4.69) is 54.4 Å². The SMILES string of the molecule is CCC(CNC(=O)N(Cc1cccs1)CC(C)C)N1CCN(C)CC1. The second kappa shape index (κ2) is 10.1. The number of hydrogen-bond acceptors (Lipinski definition) is 4. The van der Waals surface area contributed by atoms with Crippen LogP contribution in [0.3, 0.4) is 0 Å². The van der Waals surface area contributed by atoms with Crippen LogP contribution >= 0.6 is 11.3 Å². The quantitative estimate of drug-likeness (QED) is 0.769. The maximum absolute atomic E-state index is 12.8. The van der Waals surface area contributed by atoms with Crippen LogP contribution in [0.25, 0.3) is 0 Å². The molecule has 1 atom stereocenters. The number of piperazine rings is 1. The fourth-order valence-electron chi connectivity index (χ4n) is 3.29. The molecule has 2 amide bonds. The number of likely N-dealkylation sites (N-methyl/N-ethyl adjacent to an activating group) is 1. The molecule has 142 valence electrons. The minimum absolute atomic E-state index is 0.0645. The first kappa shape index (κ1) is 20.2. The van der Waals surface area contributed by atoms with Crippen LogP contribution in [0, 0.1) is 5.92 Å². The van der Waals surface area contributed by atoms with E-state index in [1.54, 1.807) is 11.3 Å². The molecule has 0 aromatic carbocycles. The van der Waals surface area contributed by atoms with Crippen molar-refractivity contribution in [1.29, 1.82) is 0 Å². The van der Waals surface area contributed by atoms with Gasteiger partial charge in [-0.05, 0) is 30.8 Å². The molecule has 1 aliphatic rings. The van der Waals surface area contributed by atoms with Gasteiger partial charge in [0.2, 0.25) is 0 Å². The zero-order chi connectivity index (χ0) is 18.2. The van der Waals surface area contributed by atoms with Gasteiger partial charge in [0.25, 0.3) is 0 Å². The number of amides is 2. The monoisotopic (exact) mass is 366 g/mol. The Hall–Kier alpha value is -1.11. The molecule has 0 aliphatic carbocycles. The van der Waals surface area contributed by atoms with Crippen molar-refractivity contribution >= 4 is 17.4 Å². The molecule has 5 nitrogen and oxygen atoms in total. The Bertz CT molecular complexity index is 498. The third kappa shape index (κ3) is 6.60. The molecule has 1 saturated heterocycles. The summed E-state index contributed by atoms with van der Waals surface area (Å²) >= 11 is 1.71. The average Bonchev–Trinajstić information content (AvgIpc) is 3.08. The Labute approximate surface area is 157 Å². The van der Waals surface area contributed by atoms with Crippen molar-refractivity contribution in [1.82, 2.24) is 20.0 Å². The Morgan fingerprint density at radius 3 is 2.60 bits per heavy atom. The predicted molar refractivity (Wildman–Crippen MR) is 106 cm³/mol. The highest BCUT2D eigenvalue weighted by Gasteiger charge is 2.23. The molecule has 6 heteroatoms. The van der Waals surface area contributed by atoms with Crippen LogP contribution < -0.4 is 5.32 Å². The van der Waals surface area contributed by atoms with Crippen LogP contribution in [0.15, 0.2) is 17.5 Å². The third-order valence-corrected chi connectivity index (χ3v) is 5.68. The van der Waals surface area contributed by atoms with Crippen LogP contribution in [-0.2, 0) is 6.54 Å². The van der Waals surface area contributed by atoms with Crippen molar-refractivity contribution in [2.75, 3.05) is 46.3 Å². The van der Waals surface area contributed by atoms with E-state index in [-0.39, 0.29) is 6.03 Å². The number of nitrogens with one attached hydrogen (secondary N) is 1. The first-order valence-corrected chi connectivity index (χ1v) is 10.3. The van der Waals surface area contributed by atoms with E-state index in [4.69, 9.17) is 0 Å². The van der Waals surface area contributed by atoms with Crippen molar-refractivity contribution in [2.24, 2.45) is 5.92 Å². The summed E-state index contributed by atoms with van der Waals surface area (Å²) in [5.41, 5.74) is 0. The minimum Gasteiger partial charge on any atom is -0.336 e. The molecule has 1 aliphatic heterocycles. The third-order valence-electron chi connectivity index (χ3n) is 4.81. The molecule has 0 saturated carbocycles. The number of carbonyl (C=O) groups excluding carboxylic acids is 1. The maximum Gasteiger partial charge on any atom is 0.317 e. The van der Waals surface area contributed by atoms with Gasteiger partial charge in [0.05, 0.1) is 6.54 Å². The lowest BCUT2D eigenvalue weighted by atomic mass is 10.1. The van der Waals surface area contributed by atoms with E-state index in [1.165, 1.54) is 4.88 Å². The topological polar surface area (TPSA) is 38.8 Å². The molecule has 0 radical (unpaired) electrons. The lowest BCUT2D eigenvalue weighted by Crippen LogP contribution is -2.53. The van der Waals surface area contributed by atoms with Gasteiger partial charge in [0.15, 0.2) is 0 Å². The van der Waals surface area contributed by atoms with E-state index in [9.17, 15) is 4.79 Å². The van der Waals surface area contributed by atoms with Gasteiger partial charge in [0.1, 0.15) is 0 Å². The molecule has 2 heterocycles. The maximum atomic E-state index is 12.8. The molecule has 2 rings (SSSR count). The van der Waals surface area contributed by atoms with Gasteiger partial charge in [-0.1, -0.05) is 26.8 Å². The fourth-order valence-corrected chi connectivity index (χ4v) is 4.01. The van der Waals surface area contributed by atoms with E-state index in [0.717, 1.165) is 45.7 Å². The summed E-state index contributed by atoms with van der Waals surface area (Å²) in [7, 11) is 2.18. The second-order valence-electron chi connectivity index (χ2n) is 7.44. The Morgan fingerprint density at radius 1 is 1.32 bits per heavy atom. The van der Waals surface area contributed by atoms with Crippen LogP contribution in [-0.4, -0.2) is 73.1 Å². The molecule has 1 unspecified atom stereocenters. The van der Waals surface area contributed by atoms with Gasteiger partial charge in [0, 0.05) is 50.2 Å². The van der Waals surface area contributed by atoms with Crippen molar-refractivity contribution in [3.63, 3.8) is 0 Å². The highest BCUT2D eigenvalue weighted by Crippen LogP contribution is 2.14. The molecule has 1 aromatic heterocycles. The van der Waals surface area contributed by atoms with E-state index >= 15 is 0 Å². The zero-order valence-electron chi connectivity index (χ0n) is 16.2. The highest BCUT2D eigenvalue weighted by atomic mass is 32.1. The van der Waals surface area contributed by atoms with Crippen LogP contribution in [0.4, 0.5) is 4.79 Å². The summed E-state index contributed by atoms with van der Waals surface area (Å²) in [5, 5.41) is 5.27. The Kier molecular flexibility index (Phi) is 8.19. The fraction of sp³-hybridized carbons (Fsp3) is 0.737. The van der Waals surface area contributed by atoms with Gasteiger partial charge in [-0.15, -0.1) is 11.3 Å². The van der Waals surface area contributed by atoms with Crippen LogP contribution in [0.1, 0.15) is 32.1 Å². The summed E-state index contributed by atoms with van der Waals surface area (Å²) in [6.45, 7) is 13.2. The predicted octanol–water partition coefficient (Wildman–Crippen LogP) is 2.94. The molecule has 1 fully saturated rings. The summed E-state index contributed by atoms with van der Waals surface area (Å²) < 4.78 is 0. The number of carbonyl (C=O) groups is 1. The van der Waals surface area contributed by atoms with Crippen LogP contribution in [0.5, 0.6) is 0 Å². The molecule has 1 N–H and O–H groups in total. The number of nitrogens with zero attached hydrogens (tertiary/aromatic N) is 3. The van der Waals surface area contributed by atoms with Crippen molar-refractivity contribution in [2.45, 2.75) is 39.8 Å². The molecule has 25 heavy (non-hydrogen) atoms. The molecule has 0 bridgehead atoms. The minimum atomic E-state index is 0.0645. The molecule has 0 spiro atoms. The van der Waals surface area contributed by atoms with Crippen molar-refractivity contribution in [3.8, 4) is 0 Å². The van der Waals surface area contributed by atoms with E-state index < -0.39 is 0 Å². The first-order chi connectivity index (χ1) is 12.0. The van der Waals surface area contributed by atoms with E-state index in [0.29, 0.717) is 18.5 Å². The summed E-state index contributed by atoms with van der Waals surface area (Å²) in [5.74, 6) is 0.463. The lowest BCUT2D eigenvalue weighted by Gasteiger charge is -2.38.